The SMILES string of the molecule is Cc1cccnc1NC(=O)NC1CCCN(c2ncccn2)C1. The Kier molecular flexibility index (Phi) is 4.65. The van der Waals surface area contributed by atoms with E-state index in [1.807, 2.05) is 19.1 Å². The zero-order chi connectivity index (χ0) is 16.1. The zero-order valence-corrected chi connectivity index (χ0v) is 13.1. The van der Waals surface area contributed by atoms with Gasteiger partial charge in [-0.05, 0) is 37.5 Å². The first-order chi connectivity index (χ1) is 11.2. The quantitative estimate of drug-likeness (QED) is 0.905. The molecule has 0 radical (unpaired) electrons. The second kappa shape index (κ2) is 7.04. The summed E-state index contributed by atoms with van der Waals surface area (Å²) in [5.41, 5.74) is 0.936. The van der Waals surface area contributed by atoms with Crippen LogP contribution in [0.2, 0.25) is 0 Å². The Morgan fingerprint density at radius 3 is 2.78 bits per heavy atom. The number of amides is 2. The number of hydrogen-bond donors (Lipinski definition) is 2. The number of nitrogens with one attached hydrogen (secondary N) is 2. The molecule has 1 aliphatic heterocycles. The predicted octanol–water partition coefficient (Wildman–Crippen LogP) is 1.97. The van der Waals surface area contributed by atoms with Gasteiger partial charge in [-0.15, -0.1) is 0 Å². The largest absolute Gasteiger partial charge is 0.339 e. The van der Waals surface area contributed by atoms with Crippen LogP contribution in [-0.4, -0.2) is 40.1 Å². The van der Waals surface area contributed by atoms with E-state index in [1.165, 1.54) is 0 Å². The van der Waals surface area contributed by atoms with Crippen LogP contribution >= 0.6 is 0 Å². The summed E-state index contributed by atoms with van der Waals surface area (Å²) in [6.07, 6.45) is 7.06. The number of rotatable bonds is 3. The molecule has 2 N–H and O–H groups in total. The van der Waals surface area contributed by atoms with Crippen molar-refractivity contribution in [1.29, 1.82) is 0 Å². The number of aromatic nitrogens is 3. The number of piperidine rings is 1. The minimum absolute atomic E-state index is 0.0663. The van der Waals surface area contributed by atoms with Crippen LogP contribution < -0.4 is 15.5 Å². The minimum Gasteiger partial charge on any atom is -0.339 e. The number of aryl methyl sites for hydroxylation is 1. The smallest absolute Gasteiger partial charge is 0.320 e. The van der Waals surface area contributed by atoms with Crippen LogP contribution in [0.15, 0.2) is 36.8 Å². The maximum atomic E-state index is 12.2. The van der Waals surface area contributed by atoms with Crippen LogP contribution in [0.25, 0.3) is 0 Å². The van der Waals surface area contributed by atoms with Crippen molar-refractivity contribution in [2.45, 2.75) is 25.8 Å². The van der Waals surface area contributed by atoms with Gasteiger partial charge in [0.15, 0.2) is 0 Å². The number of anilines is 2. The molecule has 0 saturated carbocycles. The highest BCUT2D eigenvalue weighted by atomic mass is 16.2. The zero-order valence-electron chi connectivity index (χ0n) is 13.1. The fourth-order valence-corrected chi connectivity index (χ4v) is 2.68. The van der Waals surface area contributed by atoms with Crippen molar-refractivity contribution in [2.24, 2.45) is 0 Å². The Morgan fingerprint density at radius 1 is 1.22 bits per heavy atom. The van der Waals surface area contributed by atoms with E-state index in [4.69, 9.17) is 0 Å². The van der Waals surface area contributed by atoms with Crippen molar-refractivity contribution in [3.05, 3.63) is 42.4 Å². The molecule has 7 nitrogen and oxygen atoms in total. The van der Waals surface area contributed by atoms with Gasteiger partial charge in [-0.1, -0.05) is 6.07 Å². The fourth-order valence-electron chi connectivity index (χ4n) is 2.68. The molecule has 1 atom stereocenters. The molecule has 0 bridgehead atoms. The number of carbonyl (C=O) groups is 1. The monoisotopic (exact) mass is 312 g/mol. The van der Waals surface area contributed by atoms with Crippen molar-refractivity contribution in [1.82, 2.24) is 20.3 Å². The van der Waals surface area contributed by atoms with Gasteiger partial charge >= 0.3 is 6.03 Å². The van der Waals surface area contributed by atoms with Crippen molar-refractivity contribution >= 4 is 17.8 Å². The summed E-state index contributed by atoms with van der Waals surface area (Å²) < 4.78 is 0. The van der Waals surface area contributed by atoms with Gasteiger partial charge in [0, 0.05) is 37.7 Å². The number of urea groups is 1. The molecule has 2 amide bonds. The number of pyridine rings is 1. The van der Waals surface area contributed by atoms with Crippen LogP contribution in [0.4, 0.5) is 16.6 Å². The Balaban J connectivity index is 1.57. The van der Waals surface area contributed by atoms with Crippen molar-refractivity contribution in [3.8, 4) is 0 Å². The van der Waals surface area contributed by atoms with Crippen LogP contribution in [0, 0.1) is 6.92 Å². The molecule has 1 unspecified atom stereocenters. The summed E-state index contributed by atoms with van der Waals surface area (Å²) in [5.74, 6) is 1.30. The first-order valence-electron chi connectivity index (χ1n) is 7.73. The highest BCUT2D eigenvalue weighted by molar-refractivity contribution is 5.89. The summed E-state index contributed by atoms with van der Waals surface area (Å²) in [4.78, 5) is 27.0. The third-order valence-corrected chi connectivity index (χ3v) is 3.83. The molecule has 2 aromatic heterocycles. The highest BCUT2D eigenvalue weighted by Crippen LogP contribution is 2.15. The van der Waals surface area contributed by atoms with Crippen molar-refractivity contribution in [2.75, 3.05) is 23.3 Å². The van der Waals surface area contributed by atoms with E-state index in [0.29, 0.717) is 18.3 Å². The maximum absolute atomic E-state index is 12.2. The van der Waals surface area contributed by atoms with Gasteiger partial charge < -0.3 is 10.2 Å². The van der Waals surface area contributed by atoms with E-state index in [-0.39, 0.29) is 12.1 Å². The molecule has 3 heterocycles. The Bertz CT molecular complexity index is 663. The van der Waals surface area contributed by atoms with E-state index >= 15 is 0 Å². The van der Waals surface area contributed by atoms with Crippen LogP contribution in [0.1, 0.15) is 18.4 Å². The van der Waals surface area contributed by atoms with Gasteiger partial charge in [0.25, 0.3) is 0 Å². The lowest BCUT2D eigenvalue weighted by Gasteiger charge is -2.33. The van der Waals surface area contributed by atoms with E-state index in [1.54, 1.807) is 24.7 Å². The lowest BCUT2D eigenvalue weighted by molar-refractivity contribution is 0.246. The molecule has 23 heavy (non-hydrogen) atoms. The van der Waals surface area contributed by atoms with E-state index in [0.717, 1.165) is 24.9 Å². The summed E-state index contributed by atoms with van der Waals surface area (Å²) in [7, 11) is 0. The lowest BCUT2D eigenvalue weighted by atomic mass is 10.1. The summed E-state index contributed by atoms with van der Waals surface area (Å²) >= 11 is 0. The molecule has 0 spiro atoms. The standard InChI is InChI=1S/C16H20N6O/c1-12-5-2-7-17-14(12)21-16(23)20-13-6-3-10-22(11-13)15-18-8-4-9-19-15/h2,4-5,7-9,13H,3,6,10-11H2,1H3,(H2,17,20,21,23). The number of carbonyl (C=O) groups excluding carboxylic acids is 1. The van der Waals surface area contributed by atoms with Gasteiger partial charge in [-0.3, -0.25) is 5.32 Å². The van der Waals surface area contributed by atoms with Crippen LogP contribution in [0.5, 0.6) is 0 Å². The fraction of sp³-hybridized carbons (Fsp3) is 0.375. The number of hydrogen-bond acceptors (Lipinski definition) is 5. The van der Waals surface area contributed by atoms with Crippen LogP contribution in [0.3, 0.4) is 0 Å². The van der Waals surface area contributed by atoms with Gasteiger partial charge in [-0.25, -0.2) is 19.7 Å². The molecule has 1 fully saturated rings. The molecule has 0 aliphatic carbocycles. The third-order valence-electron chi connectivity index (χ3n) is 3.83. The summed E-state index contributed by atoms with van der Waals surface area (Å²) in [6, 6.07) is 5.39. The highest BCUT2D eigenvalue weighted by Gasteiger charge is 2.23. The molecule has 0 aromatic carbocycles. The van der Waals surface area contributed by atoms with Crippen LogP contribution in [-0.2, 0) is 0 Å². The first kappa shape index (κ1) is 15.2. The maximum Gasteiger partial charge on any atom is 0.320 e. The Morgan fingerprint density at radius 2 is 2.00 bits per heavy atom. The average molecular weight is 312 g/mol. The van der Waals surface area contributed by atoms with Gasteiger partial charge in [0.1, 0.15) is 5.82 Å². The number of nitrogens with zero attached hydrogens (tertiary/aromatic N) is 4. The van der Waals surface area contributed by atoms with Crippen molar-refractivity contribution in [3.63, 3.8) is 0 Å². The predicted molar refractivity (Wildman–Crippen MR) is 88.4 cm³/mol. The molecular formula is C16H20N6O. The molecule has 120 valence electrons. The molecule has 2 aromatic rings. The molecule has 3 rings (SSSR count). The summed E-state index contributed by atoms with van der Waals surface area (Å²) in [6.45, 7) is 3.53. The molecular weight excluding hydrogens is 292 g/mol. The third kappa shape index (κ3) is 3.94. The van der Waals surface area contributed by atoms with E-state index < -0.39 is 0 Å². The molecule has 7 heteroatoms. The molecule has 1 aliphatic rings. The first-order valence-corrected chi connectivity index (χ1v) is 7.73. The van der Waals surface area contributed by atoms with E-state index in [9.17, 15) is 4.79 Å². The van der Waals surface area contributed by atoms with Crippen molar-refractivity contribution < 1.29 is 4.79 Å². The normalized spacial score (nSPS) is 17.6. The van der Waals surface area contributed by atoms with Gasteiger partial charge in [0.2, 0.25) is 5.95 Å². The minimum atomic E-state index is -0.229. The summed E-state index contributed by atoms with van der Waals surface area (Å²) in [5, 5.41) is 5.81. The second-order valence-electron chi connectivity index (χ2n) is 5.60. The molecule has 1 saturated heterocycles. The lowest BCUT2D eigenvalue weighted by Crippen LogP contribution is -2.49. The van der Waals surface area contributed by atoms with E-state index in [2.05, 4.69) is 30.5 Å². The Hall–Kier alpha value is -2.70. The Labute approximate surface area is 135 Å². The van der Waals surface area contributed by atoms with Gasteiger partial charge in [0.05, 0.1) is 0 Å². The second-order valence-corrected chi connectivity index (χ2v) is 5.60. The topological polar surface area (TPSA) is 83.0 Å². The van der Waals surface area contributed by atoms with Gasteiger partial charge in [-0.2, -0.15) is 0 Å². The average Bonchev–Trinajstić information content (AvgIpc) is 2.58.